The predicted molar refractivity (Wildman–Crippen MR) is 123 cm³/mol. The average Bonchev–Trinajstić information content (AvgIpc) is 3.47. The van der Waals surface area contributed by atoms with Gasteiger partial charge in [0, 0.05) is 41.4 Å². The smallest absolute Gasteiger partial charge is 0.271 e. The van der Waals surface area contributed by atoms with Crippen LogP contribution in [0.3, 0.4) is 0 Å². The number of aromatic amines is 1. The Morgan fingerprint density at radius 2 is 2.03 bits per heavy atom. The molecule has 4 fully saturated rings. The summed E-state index contributed by atoms with van der Waals surface area (Å²) in [6.45, 7) is 0.453. The fourth-order valence-electron chi connectivity index (χ4n) is 5.98. The number of piperidine rings is 2. The molecule has 3 aliphatic heterocycles. The summed E-state index contributed by atoms with van der Waals surface area (Å²) in [6, 6.07) is 3.75. The number of fused-ring (bicyclic) bond motifs is 4. The van der Waals surface area contributed by atoms with Crippen molar-refractivity contribution >= 4 is 28.6 Å². The van der Waals surface area contributed by atoms with E-state index in [1.54, 1.807) is 0 Å². The Morgan fingerprint density at radius 1 is 1.24 bits per heavy atom. The molecule has 0 radical (unpaired) electrons. The minimum Gasteiger partial charge on any atom is -0.356 e. The second-order valence-corrected chi connectivity index (χ2v) is 9.95. The summed E-state index contributed by atoms with van der Waals surface area (Å²) < 4.78 is 56.8. The first-order valence-corrected chi connectivity index (χ1v) is 12.2. The number of hydrogen-bond acceptors (Lipinski definition) is 4. The van der Waals surface area contributed by atoms with E-state index in [2.05, 4.69) is 15.6 Å². The van der Waals surface area contributed by atoms with Gasteiger partial charge in [-0.25, -0.2) is 17.6 Å². The Hall–Kier alpha value is -3.62. The highest BCUT2D eigenvalue weighted by atomic mass is 19.3. The van der Waals surface area contributed by atoms with Crippen molar-refractivity contribution in [2.75, 3.05) is 6.54 Å². The number of nitriles is 1. The van der Waals surface area contributed by atoms with Crippen LogP contribution in [0.2, 0.25) is 0 Å². The maximum absolute atomic E-state index is 14.9. The number of carbonyl (C=O) groups excluding carboxylic acids is 3. The molecule has 6 rings (SSSR count). The maximum atomic E-state index is 14.9. The van der Waals surface area contributed by atoms with Gasteiger partial charge >= 0.3 is 0 Å². The maximum Gasteiger partial charge on any atom is 0.271 e. The van der Waals surface area contributed by atoms with E-state index >= 15 is 0 Å². The van der Waals surface area contributed by atoms with E-state index in [4.69, 9.17) is 0 Å². The molecule has 1 aromatic heterocycles. The van der Waals surface area contributed by atoms with Gasteiger partial charge in [-0.1, -0.05) is 12.1 Å². The Morgan fingerprint density at radius 3 is 2.68 bits per heavy atom. The lowest BCUT2D eigenvalue weighted by Crippen LogP contribution is -2.68. The highest BCUT2D eigenvalue weighted by Crippen LogP contribution is 2.49. The number of alkyl halides is 4. The highest BCUT2D eigenvalue weighted by molar-refractivity contribution is 6.01. The van der Waals surface area contributed by atoms with Crippen molar-refractivity contribution in [3.05, 3.63) is 35.5 Å². The molecule has 1 aromatic carbocycles. The van der Waals surface area contributed by atoms with Gasteiger partial charge in [0.2, 0.25) is 11.8 Å². The summed E-state index contributed by atoms with van der Waals surface area (Å²) in [6.07, 6.45) is -2.59. The summed E-state index contributed by atoms with van der Waals surface area (Å²) >= 11 is 0. The third-order valence-corrected chi connectivity index (χ3v) is 7.76. The van der Waals surface area contributed by atoms with Crippen LogP contribution >= 0.6 is 0 Å². The van der Waals surface area contributed by atoms with Crippen molar-refractivity contribution in [3.8, 4) is 6.07 Å². The van der Waals surface area contributed by atoms with E-state index in [1.807, 2.05) is 6.07 Å². The normalized spacial score (nSPS) is 27.2. The molecular formula is C25H25F4N5O3. The van der Waals surface area contributed by atoms with Crippen molar-refractivity contribution in [1.82, 2.24) is 20.5 Å². The van der Waals surface area contributed by atoms with E-state index < -0.39 is 60.5 Å². The third kappa shape index (κ3) is 4.40. The molecule has 1 saturated carbocycles. The Labute approximate surface area is 209 Å². The van der Waals surface area contributed by atoms with Gasteiger partial charge in [0.25, 0.3) is 18.3 Å². The number of hydrogen-bond donors (Lipinski definition) is 3. The predicted octanol–water partition coefficient (Wildman–Crippen LogP) is 3.27. The van der Waals surface area contributed by atoms with Crippen LogP contribution in [0.15, 0.2) is 24.3 Å². The lowest BCUT2D eigenvalue weighted by atomic mass is 9.71. The van der Waals surface area contributed by atoms with Crippen molar-refractivity contribution < 1.29 is 31.9 Å². The number of rotatable bonds is 6. The lowest BCUT2D eigenvalue weighted by Gasteiger charge is -2.53. The Balaban J connectivity index is 1.44. The number of nitrogens with zero attached hydrogens (tertiary/aromatic N) is 2. The second-order valence-electron chi connectivity index (χ2n) is 9.95. The van der Waals surface area contributed by atoms with Crippen molar-refractivity contribution in [3.63, 3.8) is 0 Å². The summed E-state index contributed by atoms with van der Waals surface area (Å²) in [7, 11) is 0. The van der Waals surface area contributed by atoms with E-state index in [0.717, 1.165) is 4.90 Å². The number of nitrogens with one attached hydrogen (secondary N) is 3. The van der Waals surface area contributed by atoms with E-state index in [1.165, 1.54) is 24.3 Å². The molecule has 3 N–H and O–H groups in total. The van der Waals surface area contributed by atoms with Gasteiger partial charge in [-0.2, -0.15) is 5.26 Å². The van der Waals surface area contributed by atoms with Gasteiger partial charge in [0.05, 0.1) is 12.0 Å². The van der Waals surface area contributed by atoms with Crippen LogP contribution in [-0.2, 0) is 9.59 Å². The number of carbonyl (C=O) groups is 3. The number of amides is 3. The molecule has 8 nitrogen and oxygen atoms in total. The molecule has 12 heteroatoms. The zero-order valence-corrected chi connectivity index (χ0v) is 19.6. The number of H-pyrrole nitrogens is 1. The largest absolute Gasteiger partial charge is 0.356 e. The standard InChI is InChI=1S/C25H25F4N5O3/c26-21(27)15-2-1-3-18-16(15)9-19(33-18)24(37)34-14-4-5-17(25(28,29)10-14)20(34)23(36)32-13(11-30)8-12-6-7-31-22(12)35/h1-3,9,12-14,17,20-21,33H,4-8,10H2,(H,31,35)(H,32,36)/t12-,13-,14-,17-,20-/m1/s1. The summed E-state index contributed by atoms with van der Waals surface area (Å²) in [5.41, 5.74) is -0.0770. The average molecular weight is 519 g/mol. The molecule has 5 atom stereocenters. The molecule has 0 unspecified atom stereocenters. The Kier molecular flexibility index (Phi) is 6.33. The highest BCUT2D eigenvalue weighted by Gasteiger charge is 2.60. The van der Waals surface area contributed by atoms with Gasteiger partial charge in [-0.05, 0) is 37.8 Å². The van der Waals surface area contributed by atoms with Gasteiger partial charge < -0.3 is 20.5 Å². The van der Waals surface area contributed by atoms with Crippen LogP contribution < -0.4 is 10.6 Å². The fraction of sp³-hybridized carbons (Fsp3) is 0.520. The van der Waals surface area contributed by atoms with Gasteiger partial charge in [0.1, 0.15) is 17.8 Å². The van der Waals surface area contributed by atoms with Crippen molar-refractivity contribution in [2.45, 2.75) is 62.6 Å². The van der Waals surface area contributed by atoms with Crippen LogP contribution in [0, 0.1) is 23.2 Å². The van der Waals surface area contributed by atoms with Crippen LogP contribution in [0.4, 0.5) is 17.6 Å². The number of aromatic nitrogens is 1. The zero-order chi connectivity index (χ0) is 26.5. The molecule has 2 bridgehead atoms. The van der Waals surface area contributed by atoms with Gasteiger partial charge in [-0.15, -0.1) is 0 Å². The molecule has 4 aliphatic rings. The zero-order valence-electron chi connectivity index (χ0n) is 19.6. The van der Waals surface area contributed by atoms with Gasteiger partial charge in [0.15, 0.2) is 0 Å². The van der Waals surface area contributed by atoms with Crippen LogP contribution in [0.5, 0.6) is 0 Å². The molecule has 3 amide bonds. The monoisotopic (exact) mass is 519 g/mol. The molecule has 196 valence electrons. The van der Waals surface area contributed by atoms with E-state index in [9.17, 15) is 37.2 Å². The summed E-state index contributed by atoms with van der Waals surface area (Å²) in [5, 5.41) is 14.8. The fourth-order valence-corrected chi connectivity index (χ4v) is 5.98. The first-order chi connectivity index (χ1) is 17.6. The summed E-state index contributed by atoms with van der Waals surface area (Å²) in [5.74, 6) is -7.02. The van der Waals surface area contributed by atoms with E-state index in [-0.39, 0.29) is 47.3 Å². The minimum atomic E-state index is -3.20. The molecule has 1 aliphatic carbocycles. The number of benzene rings is 1. The first-order valence-electron chi connectivity index (χ1n) is 12.2. The molecule has 3 saturated heterocycles. The number of halogens is 4. The minimum absolute atomic E-state index is 0.0179. The van der Waals surface area contributed by atoms with Crippen molar-refractivity contribution in [1.29, 1.82) is 5.26 Å². The van der Waals surface area contributed by atoms with Crippen molar-refractivity contribution in [2.24, 2.45) is 11.8 Å². The van der Waals surface area contributed by atoms with E-state index in [0.29, 0.717) is 13.0 Å². The van der Waals surface area contributed by atoms with Crippen LogP contribution in [-0.4, -0.2) is 58.2 Å². The topological polar surface area (TPSA) is 118 Å². The van der Waals surface area contributed by atoms with Crippen LogP contribution in [0.1, 0.15) is 54.6 Å². The molecule has 37 heavy (non-hydrogen) atoms. The quantitative estimate of drug-likeness (QED) is 0.508. The van der Waals surface area contributed by atoms with Crippen LogP contribution in [0.25, 0.3) is 10.9 Å². The summed E-state index contributed by atoms with van der Waals surface area (Å²) in [4.78, 5) is 42.8. The SMILES string of the molecule is N#C[C@@H](C[C@H]1CCNC1=O)NC(=O)[C@H]1[C@H]2CC[C@H](CC2(F)F)N1C(=O)c1cc2c(C(F)F)cccc2[nH]1. The second kappa shape index (κ2) is 9.36. The molecular weight excluding hydrogens is 494 g/mol. The molecule has 0 spiro atoms. The molecule has 2 aromatic rings. The molecule has 4 heterocycles. The lowest BCUT2D eigenvalue weighted by molar-refractivity contribution is -0.179. The Bertz CT molecular complexity index is 1290. The first kappa shape index (κ1) is 25.0. The van der Waals surface area contributed by atoms with Gasteiger partial charge in [-0.3, -0.25) is 14.4 Å². The third-order valence-electron chi connectivity index (χ3n) is 7.76.